The summed E-state index contributed by atoms with van der Waals surface area (Å²) >= 11 is 0. The van der Waals surface area contributed by atoms with Crippen LogP contribution >= 0.6 is 0 Å². The van der Waals surface area contributed by atoms with E-state index in [4.69, 9.17) is 14.2 Å². The van der Waals surface area contributed by atoms with E-state index in [0.717, 1.165) is 31.0 Å². The van der Waals surface area contributed by atoms with Gasteiger partial charge >= 0.3 is 6.36 Å². The smallest absolute Gasteiger partial charge is 0.406 e. The van der Waals surface area contributed by atoms with Crippen LogP contribution in [0.25, 0.3) is 0 Å². The molecule has 1 aliphatic heterocycles. The third kappa shape index (κ3) is 7.88. The highest BCUT2D eigenvalue weighted by Crippen LogP contribution is 2.36. The minimum atomic E-state index is -4.89. The molecule has 0 bridgehead atoms. The fourth-order valence-electron chi connectivity index (χ4n) is 4.82. The van der Waals surface area contributed by atoms with Crippen molar-refractivity contribution in [1.29, 1.82) is 0 Å². The van der Waals surface area contributed by atoms with Gasteiger partial charge in [-0.15, -0.1) is 13.2 Å². The van der Waals surface area contributed by atoms with E-state index in [1.807, 2.05) is 0 Å². The first kappa shape index (κ1) is 30.1. The number of carbonyl (C=O) groups is 1. The summed E-state index contributed by atoms with van der Waals surface area (Å²) in [6.07, 6.45) is -8.31. The van der Waals surface area contributed by atoms with Gasteiger partial charge in [-0.05, 0) is 36.6 Å². The van der Waals surface area contributed by atoms with E-state index in [9.17, 15) is 37.0 Å². The fourth-order valence-corrected chi connectivity index (χ4v) is 4.82. The lowest BCUT2D eigenvalue weighted by Crippen LogP contribution is -2.61. The van der Waals surface area contributed by atoms with Crippen molar-refractivity contribution < 1.29 is 55.9 Å². The summed E-state index contributed by atoms with van der Waals surface area (Å²) in [6, 6.07) is 7.90. The lowest BCUT2D eigenvalue weighted by molar-refractivity contribution is -0.274. The van der Waals surface area contributed by atoms with Crippen molar-refractivity contribution in [1.82, 2.24) is 5.32 Å². The molecule has 5 atom stereocenters. The van der Waals surface area contributed by atoms with Crippen molar-refractivity contribution in [2.75, 3.05) is 13.2 Å². The number of hydrogen-bond donors (Lipinski definition) is 3. The third-order valence-electron chi connectivity index (χ3n) is 6.89. The molecule has 1 saturated carbocycles. The Bertz CT molecular complexity index is 1160. The van der Waals surface area contributed by atoms with Gasteiger partial charge in [0.1, 0.15) is 23.5 Å². The zero-order valence-corrected chi connectivity index (χ0v) is 21.3. The van der Waals surface area contributed by atoms with Gasteiger partial charge < -0.3 is 34.5 Å². The van der Waals surface area contributed by atoms with Crippen molar-refractivity contribution in [3.05, 3.63) is 65.2 Å². The first-order chi connectivity index (χ1) is 18.9. The molecule has 0 unspecified atom stereocenters. The van der Waals surface area contributed by atoms with E-state index >= 15 is 0 Å². The van der Waals surface area contributed by atoms with Gasteiger partial charge in [0.2, 0.25) is 0 Å². The average Bonchev–Trinajstić information content (AvgIpc) is 3.41. The Kier molecular flexibility index (Phi) is 9.62. The van der Waals surface area contributed by atoms with Crippen LogP contribution < -0.4 is 10.1 Å². The minimum absolute atomic E-state index is 0.0349. The van der Waals surface area contributed by atoms with Crippen LogP contribution in [-0.2, 0) is 32.2 Å². The number of halogens is 5. The third-order valence-corrected chi connectivity index (χ3v) is 6.89. The molecular weight excluding hydrogens is 545 g/mol. The lowest BCUT2D eigenvalue weighted by atomic mass is 9.78. The summed E-state index contributed by atoms with van der Waals surface area (Å²) in [7, 11) is 0. The van der Waals surface area contributed by atoms with Crippen molar-refractivity contribution in [2.45, 2.75) is 75.3 Å². The molecule has 40 heavy (non-hydrogen) atoms. The molecule has 4 rings (SSSR count). The van der Waals surface area contributed by atoms with Crippen LogP contribution in [0.1, 0.15) is 36.8 Å². The van der Waals surface area contributed by atoms with Gasteiger partial charge in [-0.3, -0.25) is 4.79 Å². The fraction of sp³-hybridized carbons (Fsp3) is 0.519. The maximum atomic E-state index is 14.3. The number of amides is 1. The number of nitrogens with one attached hydrogen (secondary N) is 1. The summed E-state index contributed by atoms with van der Waals surface area (Å²) in [5, 5.41) is 24.1. The van der Waals surface area contributed by atoms with Gasteiger partial charge in [-0.2, -0.15) is 0 Å². The Hall–Kier alpha value is -2.84. The molecule has 220 valence electrons. The highest BCUT2D eigenvalue weighted by atomic mass is 19.4. The Morgan fingerprint density at radius 2 is 1.90 bits per heavy atom. The summed E-state index contributed by atoms with van der Waals surface area (Å²) in [4.78, 5) is 13.5. The Morgan fingerprint density at radius 1 is 1.10 bits per heavy atom. The van der Waals surface area contributed by atoms with Crippen LogP contribution in [-0.4, -0.2) is 65.7 Å². The second-order valence-electron chi connectivity index (χ2n) is 9.87. The standard InChI is InChI=1S/C27H30F5NO7/c28-18-7-6-17(21(29)10-18)15-39-26(25(36)33-13-20-5-2-8-37-20)11-22(34)24(35)23(12-26)38-14-16-3-1-4-19(9-16)40-27(30,31)32/h1,3-4,6-7,9-10,20,22-24,34-35H,2,5,8,11-15H2,(H,33,36)/t20-,22-,23-,24-,26+/m1/s1. The molecule has 1 aliphatic carbocycles. The summed E-state index contributed by atoms with van der Waals surface area (Å²) in [6.45, 7) is -0.0252. The molecule has 0 aromatic heterocycles. The van der Waals surface area contributed by atoms with Gasteiger partial charge in [0.25, 0.3) is 5.91 Å². The first-order valence-corrected chi connectivity index (χ1v) is 12.7. The molecule has 2 aliphatic rings. The molecule has 13 heteroatoms. The largest absolute Gasteiger partial charge is 0.573 e. The number of rotatable bonds is 10. The second kappa shape index (κ2) is 12.8. The zero-order chi connectivity index (χ0) is 28.9. The van der Waals surface area contributed by atoms with Crippen LogP contribution in [0.2, 0.25) is 0 Å². The quantitative estimate of drug-likeness (QED) is 0.373. The number of carbonyl (C=O) groups excluding carboxylic acids is 1. The Morgan fingerprint density at radius 3 is 2.60 bits per heavy atom. The number of benzene rings is 2. The van der Waals surface area contributed by atoms with Crippen LogP contribution in [0.5, 0.6) is 5.75 Å². The van der Waals surface area contributed by atoms with Crippen LogP contribution in [0, 0.1) is 11.6 Å². The summed E-state index contributed by atoms with van der Waals surface area (Å²) < 4.78 is 86.6. The first-order valence-electron chi connectivity index (χ1n) is 12.7. The average molecular weight is 576 g/mol. The van der Waals surface area contributed by atoms with Gasteiger partial charge in [0.05, 0.1) is 31.5 Å². The number of aliphatic hydroxyl groups excluding tert-OH is 2. The Balaban J connectivity index is 1.51. The predicted octanol–water partition coefficient (Wildman–Crippen LogP) is 3.52. The Labute approximate surface area is 227 Å². The molecule has 0 radical (unpaired) electrons. The van der Waals surface area contributed by atoms with Crippen molar-refractivity contribution in [2.24, 2.45) is 0 Å². The van der Waals surface area contributed by atoms with Crippen molar-refractivity contribution in [3.63, 3.8) is 0 Å². The van der Waals surface area contributed by atoms with E-state index in [-0.39, 0.29) is 43.2 Å². The molecular formula is C27H30F5NO7. The van der Waals surface area contributed by atoms with E-state index in [2.05, 4.69) is 10.1 Å². The molecule has 1 saturated heterocycles. The summed E-state index contributed by atoms with van der Waals surface area (Å²) in [5.41, 5.74) is -1.55. The van der Waals surface area contributed by atoms with Gasteiger partial charge in [0.15, 0.2) is 5.60 Å². The number of aliphatic hydroxyl groups is 2. The number of alkyl halides is 3. The van der Waals surface area contributed by atoms with Gasteiger partial charge in [-0.25, -0.2) is 8.78 Å². The normalized spacial score (nSPS) is 27.0. The molecule has 1 amide bonds. The van der Waals surface area contributed by atoms with Crippen molar-refractivity contribution >= 4 is 5.91 Å². The molecule has 0 spiro atoms. The molecule has 2 aromatic carbocycles. The molecule has 2 aromatic rings. The van der Waals surface area contributed by atoms with Crippen LogP contribution in [0.4, 0.5) is 22.0 Å². The SMILES string of the molecule is O=C(NC[C@H]1CCCO1)[C@]1(OCc2ccc(F)cc2F)C[C@@H](O)[C@@H](O)[C@H](OCc2cccc(OC(F)(F)F)c2)C1. The predicted molar refractivity (Wildman–Crippen MR) is 129 cm³/mol. The van der Waals surface area contributed by atoms with Crippen molar-refractivity contribution in [3.8, 4) is 5.75 Å². The maximum Gasteiger partial charge on any atom is 0.573 e. The van der Waals surface area contributed by atoms with E-state index in [0.29, 0.717) is 12.7 Å². The minimum Gasteiger partial charge on any atom is -0.406 e. The molecule has 3 N–H and O–H groups in total. The van der Waals surface area contributed by atoms with E-state index in [1.165, 1.54) is 18.2 Å². The van der Waals surface area contributed by atoms with E-state index in [1.54, 1.807) is 0 Å². The summed E-state index contributed by atoms with van der Waals surface area (Å²) in [5.74, 6) is -2.80. The topological polar surface area (TPSA) is 106 Å². The molecule has 2 fully saturated rings. The molecule has 8 nitrogen and oxygen atoms in total. The molecule has 1 heterocycles. The second-order valence-corrected chi connectivity index (χ2v) is 9.87. The monoisotopic (exact) mass is 575 g/mol. The van der Waals surface area contributed by atoms with E-state index < -0.39 is 60.2 Å². The zero-order valence-electron chi connectivity index (χ0n) is 21.3. The lowest BCUT2D eigenvalue weighted by Gasteiger charge is -2.44. The maximum absolute atomic E-state index is 14.3. The highest BCUT2D eigenvalue weighted by Gasteiger charge is 2.51. The highest BCUT2D eigenvalue weighted by molar-refractivity contribution is 5.85. The number of ether oxygens (including phenoxy) is 4. The van der Waals surface area contributed by atoms with Gasteiger partial charge in [-0.1, -0.05) is 18.2 Å². The van der Waals surface area contributed by atoms with Crippen LogP contribution in [0.3, 0.4) is 0 Å². The van der Waals surface area contributed by atoms with Gasteiger partial charge in [0, 0.05) is 37.6 Å². The van der Waals surface area contributed by atoms with Crippen LogP contribution in [0.15, 0.2) is 42.5 Å². The number of hydrogen-bond acceptors (Lipinski definition) is 7.